The van der Waals surface area contributed by atoms with Crippen molar-refractivity contribution in [2.45, 2.75) is 13.0 Å². The molecule has 0 spiro atoms. The van der Waals surface area contributed by atoms with E-state index in [1.54, 1.807) is 0 Å². The molecule has 0 heterocycles. The largest absolute Gasteiger partial charge is 0.394 e. The van der Waals surface area contributed by atoms with E-state index in [-0.39, 0.29) is 12.6 Å². The van der Waals surface area contributed by atoms with Crippen LogP contribution in [0.15, 0.2) is 24.3 Å². The Kier molecular flexibility index (Phi) is 2.63. The maximum Gasteiger partial charge on any atom is 0.0624 e. The van der Waals surface area contributed by atoms with Crippen LogP contribution < -0.4 is 5.73 Å². The van der Waals surface area contributed by atoms with Gasteiger partial charge in [-0.3, -0.25) is 0 Å². The van der Waals surface area contributed by atoms with Gasteiger partial charge < -0.3 is 10.8 Å². The molecule has 0 bridgehead atoms. The summed E-state index contributed by atoms with van der Waals surface area (Å²) < 4.78 is 0. The molecule has 0 saturated heterocycles. The van der Waals surface area contributed by atoms with Gasteiger partial charge in [0.15, 0.2) is 0 Å². The van der Waals surface area contributed by atoms with Crippen LogP contribution in [0.3, 0.4) is 0 Å². The summed E-state index contributed by atoms with van der Waals surface area (Å²) in [5, 5.41) is 8.79. The fourth-order valence-electron chi connectivity index (χ4n) is 1.10. The van der Waals surface area contributed by atoms with Gasteiger partial charge in [-0.15, -0.1) is 0 Å². The van der Waals surface area contributed by atoms with Crippen LogP contribution in [-0.2, 0) is 0 Å². The lowest BCUT2D eigenvalue weighted by Gasteiger charge is -2.10. The number of aliphatic hydroxyl groups excluding tert-OH is 1. The van der Waals surface area contributed by atoms with Crippen LogP contribution in [0, 0.1) is 6.92 Å². The van der Waals surface area contributed by atoms with Crippen molar-refractivity contribution in [1.29, 1.82) is 0 Å². The Morgan fingerprint density at radius 2 is 2.09 bits per heavy atom. The van der Waals surface area contributed by atoms with E-state index >= 15 is 0 Å². The average molecular weight is 151 g/mol. The van der Waals surface area contributed by atoms with Gasteiger partial charge in [0.2, 0.25) is 0 Å². The highest BCUT2D eigenvalue weighted by molar-refractivity contribution is 5.28. The summed E-state index contributed by atoms with van der Waals surface area (Å²) in [6, 6.07) is 7.58. The van der Waals surface area contributed by atoms with E-state index < -0.39 is 0 Å². The topological polar surface area (TPSA) is 46.2 Å². The first-order chi connectivity index (χ1) is 5.25. The summed E-state index contributed by atoms with van der Waals surface area (Å²) in [6.45, 7) is 2.00. The molecule has 0 fully saturated rings. The van der Waals surface area contributed by atoms with Gasteiger partial charge in [0.25, 0.3) is 0 Å². The molecule has 1 aromatic carbocycles. The Morgan fingerprint density at radius 1 is 1.45 bits per heavy atom. The summed E-state index contributed by atoms with van der Waals surface area (Å²) in [7, 11) is 0. The fraction of sp³-hybridized carbons (Fsp3) is 0.333. The van der Waals surface area contributed by atoms with E-state index in [2.05, 4.69) is 0 Å². The average Bonchev–Trinajstić information content (AvgIpc) is 2.04. The van der Waals surface area contributed by atoms with Crippen molar-refractivity contribution in [3.63, 3.8) is 0 Å². The monoisotopic (exact) mass is 151 g/mol. The lowest BCUT2D eigenvalue weighted by molar-refractivity contribution is 0.267. The molecule has 1 atom stereocenters. The highest BCUT2D eigenvalue weighted by Gasteiger charge is 2.04. The number of aryl methyl sites for hydroxylation is 1. The van der Waals surface area contributed by atoms with Gasteiger partial charge in [0, 0.05) is 0 Å². The van der Waals surface area contributed by atoms with Crippen LogP contribution in [0.2, 0.25) is 0 Å². The number of benzene rings is 1. The number of rotatable bonds is 2. The highest BCUT2D eigenvalue weighted by Crippen LogP contribution is 2.13. The molecular weight excluding hydrogens is 138 g/mol. The van der Waals surface area contributed by atoms with Crippen molar-refractivity contribution in [3.05, 3.63) is 35.4 Å². The Balaban J connectivity index is 2.93. The van der Waals surface area contributed by atoms with E-state index in [0.717, 1.165) is 11.1 Å². The van der Waals surface area contributed by atoms with Crippen LogP contribution in [0.25, 0.3) is 0 Å². The Morgan fingerprint density at radius 3 is 2.64 bits per heavy atom. The Hall–Kier alpha value is -0.860. The van der Waals surface area contributed by atoms with Crippen molar-refractivity contribution in [2.24, 2.45) is 5.73 Å². The summed E-state index contributed by atoms with van der Waals surface area (Å²) in [5.41, 5.74) is 7.80. The van der Waals surface area contributed by atoms with Crippen LogP contribution in [0.4, 0.5) is 0 Å². The second kappa shape index (κ2) is 3.51. The van der Waals surface area contributed by atoms with Gasteiger partial charge in [-0.1, -0.05) is 24.3 Å². The molecule has 2 heteroatoms. The molecule has 0 aliphatic heterocycles. The third kappa shape index (κ3) is 1.79. The third-order valence-corrected chi connectivity index (χ3v) is 1.78. The minimum absolute atomic E-state index is 0.00481. The van der Waals surface area contributed by atoms with Gasteiger partial charge in [-0.05, 0) is 18.1 Å². The van der Waals surface area contributed by atoms with Gasteiger partial charge in [-0.2, -0.15) is 0 Å². The minimum atomic E-state index is -0.240. The van der Waals surface area contributed by atoms with E-state index in [4.69, 9.17) is 10.8 Å². The molecule has 0 saturated carbocycles. The molecule has 2 nitrogen and oxygen atoms in total. The van der Waals surface area contributed by atoms with E-state index in [0.29, 0.717) is 0 Å². The third-order valence-electron chi connectivity index (χ3n) is 1.78. The fourth-order valence-corrected chi connectivity index (χ4v) is 1.10. The summed E-state index contributed by atoms with van der Waals surface area (Å²) >= 11 is 0. The molecule has 0 amide bonds. The highest BCUT2D eigenvalue weighted by atomic mass is 16.3. The van der Waals surface area contributed by atoms with E-state index in [1.165, 1.54) is 0 Å². The predicted octanol–water partition coefficient (Wildman–Crippen LogP) is 0.987. The van der Waals surface area contributed by atoms with E-state index in [1.807, 2.05) is 31.2 Å². The van der Waals surface area contributed by atoms with Crippen molar-refractivity contribution < 1.29 is 5.11 Å². The lowest BCUT2D eigenvalue weighted by atomic mass is 10.0. The minimum Gasteiger partial charge on any atom is -0.394 e. The Labute approximate surface area is 66.7 Å². The molecule has 0 aliphatic rings. The zero-order chi connectivity index (χ0) is 8.27. The summed E-state index contributed by atoms with van der Waals surface area (Å²) in [6.07, 6.45) is 0. The van der Waals surface area contributed by atoms with E-state index in [9.17, 15) is 0 Å². The van der Waals surface area contributed by atoms with Gasteiger partial charge >= 0.3 is 0 Å². The SMILES string of the molecule is Cc1ccccc1C(N)CO. The lowest BCUT2D eigenvalue weighted by Crippen LogP contribution is -2.15. The van der Waals surface area contributed by atoms with Crippen molar-refractivity contribution >= 4 is 0 Å². The van der Waals surface area contributed by atoms with Crippen molar-refractivity contribution in [1.82, 2.24) is 0 Å². The molecule has 1 rings (SSSR count). The second-order valence-corrected chi connectivity index (χ2v) is 2.65. The summed E-state index contributed by atoms with van der Waals surface area (Å²) in [4.78, 5) is 0. The van der Waals surface area contributed by atoms with Crippen LogP contribution in [0.5, 0.6) is 0 Å². The number of nitrogens with two attached hydrogens (primary N) is 1. The van der Waals surface area contributed by atoms with Gasteiger partial charge in [-0.25, -0.2) is 0 Å². The quantitative estimate of drug-likeness (QED) is 0.662. The number of aliphatic hydroxyl groups is 1. The molecule has 0 aliphatic carbocycles. The first-order valence-electron chi connectivity index (χ1n) is 3.67. The molecule has 60 valence electrons. The summed E-state index contributed by atoms with van der Waals surface area (Å²) in [5.74, 6) is 0. The first-order valence-corrected chi connectivity index (χ1v) is 3.67. The zero-order valence-electron chi connectivity index (χ0n) is 6.62. The standard InChI is InChI=1S/C9H13NO/c1-7-4-2-3-5-8(7)9(10)6-11/h2-5,9,11H,6,10H2,1H3. The molecule has 1 unspecified atom stereocenters. The number of hydrogen-bond acceptors (Lipinski definition) is 2. The first kappa shape index (κ1) is 8.24. The maximum absolute atomic E-state index is 8.79. The smallest absolute Gasteiger partial charge is 0.0624 e. The van der Waals surface area contributed by atoms with Crippen LogP contribution in [-0.4, -0.2) is 11.7 Å². The molecule has 11 heavy (non-hydrogen) atoms. The molecule has 3 N–H and O–H groups in total. The maximum atomic E-state index is 8.79. The molecule has 0 radical (unpaired) electrons. The van der Waals surface area contributed by atoms with Crippen molar-refractivity contribution in [2.75, 3.05) is 6.61 Å². The van der Waals surface area contributed by atoms with Crippen molar-refractivity contribution in [3.8, 4) is 0 Å². The predicted molar refractivity (Wildman–Crippen MR) is 45.2 cm³/mol. The second-order valence-electron chi connectivity index (χ2n) is 2.65. The van der Waals surface area contributed by atoms with Gasteiger partial charge in [0.1, 0.15) is 0 Å². The Bertz CT molecular complexity index is 235. The number of hydrogen-bond donors (Lipinski definition) is 2. The van der Waals surface area contributed by atoms with Gasteiger partial charge in [0.05, 0.1) is 12.6 Å². The molecule has 1 aromatic rings. The van der Waals surface area contributed by atoms with Crippen LogP contribution in [0.1, 0.15) is 17.2 Å². The normalized spacial score (nSPS) is 13.0. The molecule has 0 aromatic heterocycles. The molecular formula is C9H13NO. The zero-order valence-corrected chi connectivity index (χ0v) is 6.62. The van der Waals surface area contributed by atoms with Crippen LogP contribution >= 0.6 is 0 Å².